The maximum Gasteiger partial charge on any atom is 0.231 e. The van der Waals surface area contributed by atoms with Crippen molar-refractivity contribution in [3.63, 3.8) is 0 Å². The summed E-state index contributed by atoms with van der Waals surface area (Å²) in [5.41, 5.74) is 1.59. The Bertz CT molecular complexity index is 581. The Hall–Kier alpha value is -2.36. The average molecular weight is 241 g/mol. The first-order valence-corrected chi connectivity index (χ1v) is 5.65. The zero-order valence-corrected chi connectivity index (χ0v) is 9.63. The summed E-state index contributed by atoms with van der Waals surface area (Å²) in [5.74, 6) is 1.38. The van der Waals surface area contributed by atoms with Crippen molar-refractivity contribution in [2.24, 2.45) is 0 Å². The minimum Gasteiger partial charge on any atom is -0.454 e. The first-order valence-electron chi connectivity index (χ1n) is 5.65. The Morgan fingerprint density at radius 2 is 1.89 bits per heavy atom. The van der Waals surface area contributed by atoms with E-state index in [4.69, 9.17) is 9.47 Å². The third-order valence-corrected chi connectivity index (χ3v) is 2.81. The number of carbonyl (C=O) groups excluding carboxylic acids is 1. The molecular weight excluding hydrogens is 230 g/mol. The van der Waals surface area contributed by atoms with E-state index >= 15 is 0 Å². The fourth-order valence-electron chi connectivity index (χ4n) is 1.86. The largest absolute Gasteiger partial charge is 0.454 e. The topological polar surface area (TPSA) is 48.4 Å². The van der Waals surface area contributed by atoms with Crippen LogP contribution in [0.4, 0.5) is 0 Å². The molecule has 0 fully saturated rings. The highest BCUT2D eigenvalue weighted by molar-refractivity contribution is 5.98. The molecule has 4 heteroatoms. The quantitative estimate of drug-likeness (QED) is 0.773. The number of hydrogen-bond donors (Lipinski definition) is 0. The molecule has 0 bridgehead atoms. The van der Waals surface area contributed by atoms with Crippen molar-refractivity contribution >= 4 is 5.78 Å². The Balaban J connectivity index is 1.81. The van der Waals surface area contributed by atoms with Gasteiger partial charge in [0.15, 0.2) is 17.3 Å². The molecule has 0 spiro atoms. The van der Waals surface area contributed by atoms with Crippen LogP contribution in [0.2, 0.25) is 0 Å². The SMILES string of the molecule is O=C(Cc1ccncc1)c1ccc2c(c1)OCO2. The molecule has 0 radical (unpaired) electrons. The van der Waals surface area contributed by atoms with Crippen LogP contribution in [0.15, 0.2) is 42.7 Å². The van der Waals surface area contributed by atoms with E-state index in [0.29, 0.717) is 23.5 Å². The predicted octanol–water partition coefficient (Wildman–Crippen LogP) is 2.24. The van der Waals surface area contributed by atoms with Crippen molar-refractivity contribution in [2.75, 3.05) is 6.79 Å². The molecule has 0 aliphatic carbocycles. The van der Waals surface area contributed by atoms with E-state index in [1.807, 2.05) is 12.1 Å². The molecule has 18 heavy (non-hydrogen) atoms. The number of Topliss-reactive ketones (excluding diaryl/α,β-unsaturated/α-hetero) is 1. The number of pyridine rings is 1. The second kappa shape index (κ2) is 4.49. The third-order valence-electron chi connectivity index (χ3n) is 2.81. The monoisotopic (exact) mass is 241 g/mol. The van der Waals surface area contributed by atoms with Crippen molar-refractivity contribution in [3.05, 3.63) is 53.9 Å². The van der Waals surface area contributed by atoms with Gasteiger partial charge in [-0.15, -0.1) is 0 Å². The molecular formula is C14H11NO3. The Morgan fingerprint density at radius 1 is 1.11 bits per heavy atom. The van der Waals surface area contributed by atoms with E-state index in [1.54, 1.807) is 30.6 Å². The molecule has 0 amide bonds. The van der Waals surface area contributed by atoms with E-state index in [2.05, 4.69) is 4.98 Å². The highest BCUT2D eigenvalue weighted by Gasteiger charge is 2.16. The molecule has 3 rings (SSSR count). The number of hydrogen-bond acceptors (Lipinski definition) is 4. The Morgan fingerprint density at radius 3 is 2.72 bits per heavy atom. The van der Waals surface area contributed by atoms with E-state index < -0.39 is 0 Å². The predicted molar refractivity (Wildman–Crippen MR) is 64.8 cm³/mol. The Kier molecular flexibility index (Phi) is 2.68. The fourth-order valence-corrected chi connectivity index (χ4v) is 1.86. The van der Waals surface area contributed by atoms with Gasteiger partial charge in [0.1, 0.15) is 0 Å². The first kappa shape index (κ1) is 10.8. The maximum absolute atomic E-state index is 12.1. The number of carbonyl (C=O) groups is 1. The van der Waals surface area contributed by atoms with Crippen molar-refractivity contribution in [2.45, 2.75) is 6.42 Å². The number of aromatic nitrogens is 1. The van der Waals surface area contributed by atoms with E-state index in [1.165, 1.54) is 0 Å². The standard InChI is InChI=1S/C14H11NO3/c16-12(7-10-3-5-15-6-4-10)11-1-2-13-14(8-11)18-9-17-13/h1-6,8H,7,9H2. The van der Waals surface area contributed by atoms with Crippen molar-refractivity contribution in [3.8, 4) is 11.5 Å². The molecule has 0 saturated carbocycles. The summed E-state index contributed by atoms with van der Waals surface area (Å²) < 4.78 is 10.5. The summed E-state index contributed by atoms with van der Waals surface area (Å²) in [6.45, 7) is 0.220. The van der Waals surface area contributed by atoms with Gasteiger partial charge in [-0.2, -0.15) is 0 Å². The van der Waals surface area contributed by atoms with Crippen LogP contribution in [0.5, 0.6) is 11.5 Å². The van der Waals surface area contributed by atoms with Crippen molar-refractivity contribution < 1.29 is 14.3 Å². The second-order valence-corrected chi connectivity index (χ2v) is 4.02. The van der Waals surface area contributed by atoms with Gasteiger partial charge in [-0.1, -0.05) is 0 Å². The molecule has 1 aromatic carbocycles. The normalized spacial score (nSPS) is 12.4. The minimum atomic E-state index is 0.0551. The molecule has 4 nitrogen and oxygen atoms in total. The van der Waals surface area contributed by atoms with Crippen LogP contribution < -0.4 is 9.47 Å². The van der Waals surface area contributed by atoms with Crippen LogP contribution in [-0.2, 0) is 6.42 Å². The lowest BCUT2D eigenvalue weighted by atomic mass is 10.0. The summed E-state index contributed by atoms with van der Waals surface area (Å²) in [5, 5.41) is 0. The number of ether oxygens (including phenoxy) is 2. The molecule has 90 valence electrons. The van der Waals surface area contributed by atoms with Gasteiger partial charge in [0, 0.05) is 24.4 Å². The number of ketones is 1. The van der Waals surface area contributed by atoms with Gasteiger partial charge < -0.3 is 9.47 Å². The lowest BCUT2D eigenvalue weighted by Crippen LogP contribution is -2.03. The van der Waals surface area contributed by atoms with Gasteiger partial charge >= 0.3 is 0 Å². The van der Waals surface area contributed by atoms with E-state index in [9.17, 15) is 4.79 Å². The lowest BCUT2D eigenvalue weighted by molar-refractivity contribution is 0.0992. The lowest BCUT2D eigenvalue weighted by Gasteiger charge is -2.02. The second-order valence-electron chi connectivity index (χ2n) is 4.02. The van der Waals surface area contributed by atoms with E-state index in [-0.39, 0.29) is 12.6 Å². The molecule has 2 aromatic rings. The average Bonchev–Trinajstić information content (AvgIpc) is 2.87. The zero-order valence-electron chi connectivity index (χ0n) is 9.63. The van der Waals surface area contributed by atoms with Crippen LogP contribution in [-0.4, -0.2) is 17.6 Å². The first-order chi connectivity index (χ1) is 8.83. The van der Waals surface area contributed by atoms with Gasteiger partial charge in [0.25, 0.3) is 0 Å². The molecule has 1 aromatic heterocycles. The number of benzene rings is 1. The number of fused-ring (bicyclic) bond motifs is 1. The van der Waals surface area contributed by atoms with Crippen molar-refractivity contribution in [1.82, 2.24) is 4.98 Å². The Labute approximate surface area is 104 Å². The third kappa shape index (κ3) is 2.05. The summed E-state index contributed by atoms with van der Waals surface area (Å²) in [6.07, 6.45) is 3.73. The van der Waals surface area contributed by atoms with Crippen molar-refractivity contribution in [1.29, 1.82) is 0 Å². The number of nitrogens with zero attached hydrogens (tertiary/aromatic N) is 1. The van der Waals surface area contributed by atoms with Gasteiger partial charge in [0.2, 0.25) is 6.79 Å². The molecule has 0 atom stereocenters. The molecule has 0 N–H and O–H groups in total. The summed E-state index contributed by atoms with van der Waals surface area (Å²) in [6, 6.07) is 8.93. The van der Waals surface area contributed by atoms with Crippen LogP contribution in [0.3, 0.4) is 0 Å². The smallest absolute Gasteiger partial charge is 0.231 e. The summed E-state index contributed by atoms with van der Waals surface area (Å²) in [4.78, 5) is 16.0. The minimum absolute atomic E-state index is 0.0551. The van der Waals surface area contributed by atoms with Crippen LogP contribution in [0.1, 0.15) is 15.9 Å². The molecule has 2 heterocycles. The summed E-state index contributed by atoms with van der Waals surface area (Å²) >= 11 is 0. The van der Waals surface area contributed by atoms with Gasteiger partial charge in [-0.3, -0.25) is 9.78 Å². The molecule has 1 aliphatic heterocycles. The highest BCUT2D eigenvalue weighted by atomic mass is 16.7. The maximum atomic E-state index is 12.1. The summed E-state index contributed by atoms with van der Waals surface area (Å²) in [7, 11) is 0. The molecule has 0 unspecified atom stereocenters. The number of rotatable bonds is 3. The van der Waals surface area contributed by atoms with Crippen LogP contribution >= 0.6 is 0 Å². The fraction of sp³-hybridized carbons (Fsp3) is 0.143. The van der Waals surface area contributed by atoms with E-state index in [0.717, 1.165) is 5.56 Å². The van der Waals surface area contributed by atoms with Gasteiger partial charge in [-0.05, 0) is 35.9 Å². The van der Waals surface area contributed by atoms with Crippen LogP contribution in [0, 0.1) is 0 Å². The zero-order chi connectivity index (χ0) is 12.4. The highest BCUT2D eigenvalue weighted by Crippen LogP contribution is 2.32. The van der Waals surface area contributed by atoms with Crippen LogP contribution in [0.25, 0.3) is 0 Å². The van der Waals surface area contributed by atoms with Gasteiger partial charge in [0.05, 0.1) is 0 Å². The van der Waals surface area contributed by atoms with Gasteiger partial charge in [-0.25, -0.2) is 0 Å². The molecule has 1 aliphatic rings. The molecule has 0 saturated heterocycles.